The monoisotopic (exact) mass is 584 g/mol. The molecule has 1 unspecified atom stereocenters. The molecule has 0 aliphatic heterocycles. The van der Waals surface area contributed by atoms with Crippen LogP contribution in [0.25, 0.3) is 10.9 Å². The van der Waals surface area contributed by atoms with Gasteiger partial charge < -0.3 is 9.84 Å². The molecule has 4 aromatic rings. The van der Waals surface area contributed by atoms with Crippen molar-refractivity contribution in [2.24, 2.45) is 0 Å². The van der Waals surface area contributed by atoms with E-state index < -0.39 is 20.7 Å². The fraction of sp³-hybridized carbons (Fsp3) is 0.241. The van der Waals surface area contributed by atoms with Crippen molar-refractivity contribution < 1.29 is 23.1 Å². The Balaban J connectivity index is 1.53. The van der Waals surface area contributed by atoms with Crippen LogP contribution in [0.1, 0.15) is 36.8 Å². The number of ether oxygens (including phenoxy) is 1. The average molecular weight is 585 g/mol. The summed E-state index contributed by atoms with van der Waals surface area (Å²) in [7, 11) is -3.81. The molecule has 0 aliphatic rings. The maximum absolute atomic E-state index is 13.0. The zero-order chi connectivity index (χ0) is 28.0. The molecule has 39 heavy (non-hydrogen) atoms. The van der Waals surface area contributed by atoms with E-state index in [0.29, 0.717) is 10.8 Å². The van der Waals surface area contributed by atoms with E-state index in [4.69, 9.17) is 16.3 Å². The van der Waals surface area contributed by atoms with Crippen molar-refractivity contribution in [3.63, 3.8) is 0 Å². The summed E-state index contributed by atoms with van der Waals surface area (Å²) < 4.78 is 34.0. The second-order valence-electron chi connectivity index (χ2n) is 9.60. The first-order valence-electron chi connectivity index (χ1n) is 12.2. The number of fused-ring (bicyclic) bond motifs is 1. The predicted octanol–water partition coefficient (Wildman–Crippen LogP) is 6.47. The number of carbonyl (C=O) groups is 1. The average Bonchev–Trinajstić information content (AvgIpc) is 2.89. The van der Waals surface area contributed by atoms with Crippen molar-refractivity contribution in [1.29, 1.82) is 0 Å². The number of hydrogen-bond acceptors (Lipinski definition) is 6. The molecule has 1 aromatic heterocycles. The summed E-state index contributed by atoms with van der Waals surface area (Å²) >= 11 is 7.30. The SMILES string of the molecule is CC(C)(CC(=O)O)SC(CNS(=O)(=O)c1ccc(Cl)cc1)c1cccc(OCc2ccc3ccccc3n2)c1. The van der Waals surface area contributed by atoms with Gasteiger partial charge in [0.15, 0.2) is 0 Å². The second-order valence-corrected chi connectivity index (χ2v) is 13.7. The third-order valence-electron chi connectivity index (χ3n) is 5.89. The van der Waals surface area contributed by atoms with Gasteiger partial charge in [-0.15, -0.1) is 11.8 Å². The van der Waals surface area contributed by atoms with Gasteiger partial charge in [-0.3, -0.25) is 4.79 Å². The molecular weight excluding hydrogens is 556 g/mol. The van der Waals surface area contributed by atoms with E-state index >= 15 is 0 Å². The molecule has 0 fully saturated rings. The molecule has 204 valence electrons. The Labute approximate surface area is 237 Å². The van der Waals surface area contributed by atoms with Crippen LogP contribution in [0, 0.1) is 0 Å². The highest BCUT2D eigenvalue weighted by atomic mass is 35.5. The van der Waals surface area contributed by atoms with Crippen LogP contribution in [0.4, 0.5) is 0 Å². The lowest BCUT2D eigenvalue weighted by Gasteiger charge is -2.29. The number of carboxylic acids is 1. The molecule has 0 spiro atoms. The number of carboxylic acid groups (broad SMARTS) is 1. The van der Waals surface area contributed by atoms with Crippen molar-refractivity contribution >= 4 is 50.3 Å². The van der Waals surface area contributed by atoms with Gasteiger partial charge in [0.25, 0.3) is 0 Å². The highest BCUT2D eigenvalue weighted by Crippen LogP contribution is 2.41. The third kappa shape index (κ3) is 8.19. The normalized spacial score (nSPS) is 12.8. The van der Waals surface area contributed by atoms with Crippen LogP contribution < -0.4 is 9.46 Å². The minimum Gasteiger partial charge on any atom is -0.487 e. The first-order valence-corrected chi connectivity index (χ1v) is 15.0. The first kappa shape index (κ1) is 28.9. The molecule has 0 radical (unpaired) electrons. The van der Waals surface area contributed by atoms with Crippen LogP contribution in [-0.4, -0.2) is 35.8 Å². The number of para-hydroxylation sites is 1. The standard InChI is InChI=1S/C29H29ClN2O5S2/c1-29(2,17-28(33)34)38-27(18-31-39(35,36)25-14-11-22(30)12-15-25)21-7-5-8-24(16-21)37-19-23-13-10-20-6-3-4-9-26(20)32-23/h3-16,27,31H,17-19H2,1-2H3,(H,33,34). The van der Waals surface area contributed by atoms with Crippen LogP contribution in [-0.2, 0) is 21.4 Å². The summed E-state index contributed by atoms with van der Waals surface area (Å²) in [6.07, 6.45) is -0.0814. The van der Waals surface area contributed by atoms with Crippen molar-refractivity contribution in [2.45, 2.75) is 41.8 Å². The Hall–Kier alpha value is -3.11. The molecule has 2 N–H and O–H groups in total. The molecule has 0 amide bonds. The molecule has 0 aliphatic carbocycles. The van der Waals surface area contributed by atoms with Gasteiger partial charge in [-0.05, 0) is 54.1 Å². The van der Waals surface area contributed by atoms with E-state index in [-0.39, 0.29) is 29.7 Å². The van der Waals surface area contributed by atoms with Gasteiger partial charge in [0.05, 0.1) is 22.5 Å². The summed E-state index contributed by atoms with van der Waals surface area (Å²) in [6, 6.07) is 25.1. The number of hydrogen-bond donors (Lipinski definition) is 2. The van der Waals surface area contributed by atoms with Gasteiger partial charge in [-0.2, -0.15) is 0 Å². The van der Waals surface area contributed by atoms with E-state index in [1.165, 1.54) is 36.0 Å². The number of pyridine rings is 1. The fourth-order valence-corrected chi connectivity index (χ4v) is 6.76. The highest BCUT2D eigenvalue weighted by Gasteiger charge is 2.29. The number of thioether (sulfide) groups is 1. The highest BCUT2D eigenvalue weighted by molar-refractivity contribution is 8.01. The van der Waals surface area contributed by atoms with Crippen molar-refractivity contribution in [3.05, 3.63) is 101 Å². The largest absolute Gasteiger partial charge is 0.487 e. The van der Waals surface area contributed by atoms with Gasteiger partial charge in [-0.25, -0.2) is 18.1 Å². The van der Waals surface area contributed by atoms with E-state index in [0.717, 1.165) is 22.2 Å². The van der Waals surface area contributed by atoms with Gasteiger partial charge >= 0.3 is 5.97 Å². The molecule has 1 heterocycles. The van der Waals surface area contributed by atoms with Crippen molar-refractivity contribution in [1.82, 2.24) is 9.71 Å². The quantitative estimate of drug-likeness (QED) is 0.196. The van der Waals surface area contributed by atoms with Crippen molar-refractivity contribution in [2.75, 3.05) is 6.54 Å². The van der Waals surface area contributed by atoms with E-state index in [1.54, 1.807) is 0 Å². The Morgan fingerprint density at radius 1 is 1.05 bits per heavy atom. The first-order chi connectivity index (χ1) is 18.5. The van der Waals surface area contributed by atoms with Gasteiger partial charge in [0, 0.05) is 27.0 Å². The van der Waals surface area contributed by atoms with E-state index in [2.05, 4.69) is 9.71 Å². The van der Waals surface area contributed by atoms with Crippen LogP contribution in [0.3, 0.4) is 0 Å². The maximum atomic E-state index is 13.0. The zero-order valence-corrected chi connectivity index (χ0v) is 23.9. The van der Waals surface area contributed by atoms with E-state index in [1.807, 2.05) is 74.5 Å². The number of benzene rings is 3. The molecule has 0 saturated heterocycles. The number of aromatic nitrogens is 1. The van der Waals surface area contributed by atoms with Gasteiger partial charge in [0.2, 0.25) is 10.0 Å². The summed E-state index contributed by atoms with van der Waals surface area (Å²) in [4.78, 5) is 16.2. The Bertz CT molecular complexity index is 1560. The summed E-state index contributed by atoms with van der Waals surface area (Å²) in [5, 5.41) is 10.5. The predicted molar refractivity (Wildman–Crippen MR) is 156 cm³/mol. The summed E-state index contributed by atoms with van der Waals surface area (Å²) in [6.45, 7) is 3.98. The van der Waals surface area contributed by atoms with Crippen LogP contribution in [0.15, 0.2) is 89.8 Å². The maximum Gasteiger partial charge on any atom is 0.304 e. The Morgan fingerprint density at radius 2 is 1.79 bits per heavy atom. The second kappa shape index (κ2) is 12.4. The molecule has 4 rings (SSSR count). The molecule has 0 saturated carbocycles. The summed E-state index contributed by atoms with van der Waals surface area (Å²) in [5.41, 5.74) is 2.47. The Morgan fingerprint density at radius 3 is 2.54 bits per heavy atom. The van der Waals surface area contributed by atoms with Crippen LogP contribution in [0.2, 0.25) is 5.02 Å². The lowest BCUT2D eigenvalue weighted by molar-refractivity contribution is -0.137. The topological polar surface area (TPSA) is 106 Å². The van der Waals surface area contributed by atoms with Crippen LogP contribution >= 0.6 is 23.4 Å². The lowest BCUT2D eigenvalue weighted by Crippen LogP contribution is -2.30. The number of sulfonamides is 1. The number of rotatable bonds is 12. The molecule has 1 atom stereocenters. The van der Waals surface area contributed by atoms with E-state index in [9.17, 15) is 18.3 Å². The summed E-state index contributed by atoms with van der Waals surface area (Å²) in [5.74, 6) is -0.322. The zero-order valence-electron chi connectivity index (χ0n) is 21.5. The molecule has 10 heteroatoms. The molecule has 0 bridgehead atoms. The Kier molecular flexibility index (Phi) is 9.17. The van der Waals surface area contributed by atoms with Crippen LogP contribution in [0.5, 0.6) is 5.75 Å². The minimum atomic E-state index is -3.81. The van der Waals surface area contributed by atoms with Crippen molar-refractivity contribution in [3.8, 4) is 5.75 Å². The fourth-order valence-electron chi connectivity index (χ4n) is 4.05. The number of aliphatic carboxylic acids is 1. The smallest absolute Gasteiger partial charge is 0.304 e. The third-order valence-corrected chi connectivity index (χ3v) is 9.09. The number of nitrogens with one attached hydrogen (secondary N) is 1. The number of nitrogens with zero attached hydrogens (tertiary/aromatic N) is 1. The molecular formula is C29H29ClN2O5S2. The minimum absolute atomic E-state index is 0.0500. The van der Waals surface area contributed by atoms with Gasteiger partial charge in [-0.1, -0.05) is 61.8 Å². The lowest BCUT2D eigenvalue weighted by atomic mass is 10.1. The molecule has 7 nitrogen and oxygen atoms in total. The molecule has 3 aromatic carbocycles. The number of halogens is 1. The van der Waals surface area contributed by atoms with Gasteiger partial charge in [0.1, 0.15) is 12.4 Å².